The molecule has 1 fully saturated rings. The minimum absolute atomic E-state index is 0.0510. The van der Waals surface area contributed by atoms with E-state index in [9.17, 15) is 14.7 Å². The van der Waals surface area contributed by atoms with Crippen molar-refractivity contribution in [2.24, 2.45) is 0 Å². The van der Waals surface area contributed by atoms with Crippen LogP contribution in [-0.2, 0) is 16.0 Å². The van der Waals surface area contributed by atoms with Gasteiger partial charge in [0.2, 0.25) is 0 Å². The number of aliphatic hydroxyl groups is 1. The Balaban J connectivity index is 1.80. The maximum Gasteiger partial charge on any atom is 0.295 e. The Morgan fingerprint density at radius 3 is 2.61 bits per heavy atom. The Hall–Kier alpha value is -3.52. The SMILES string of the molecule is CCCOc1ccc([C@@H]2/C(=C(\O)c3ccc4c(c3)C[C@@H](C)O4)C(=O)C(=O)N2CCCN(C)C)cc1OCC. The number of hydrogen-bond donors (Lipinski definition) is 1. The fraction of sp³-hybridized carbons (Fsp3) is 0.467. The van der Waals surface area contributed by atoms with E-state index in [1.165, 1.54) is 0 Å². The molecule has 2 aliphatic rings. The molecule has 1 N–H and O–H groups in total. The molecular weight excluding hydrogens is 484 g/mol. The molecule has 0 bridgehead atoms. The zero-order valence-corrected chi connectivity index (χ0v) is 23.0. The van der Waals surface area contributed by atoms with E-state index in [2.05, 4.69) is 0 Å². The van der Waals surface area contributed by atoms with Crippen molar-refractivity contribution in [3.05, 3.63) is 58.7 Å². The molecule has 1 amide bonds. The number of hydrogen-bond acceptors (Lipinski definition) is 7. The van der Waals surface area contributed by atoms with Crippen LogP contribution in [0, 0.1) is 0 Å². The molecule has 0 saturated carbocycles. The van der Waals surface area contributed by atoms with Gasteiger partial charge < -0.3 is 29.1 Å². The number of ketones is 1. The zero-order valence-electron chi connectivity index (χ0n) is 23.0. The Kier molecular flexibility index (Phi) is 8.62. The molecule has 2 atom stereocenters. The van der Waals surface area contributed by atoms with Crippen molar-refractivity contribution in [2.75, 3.05) is 40.4 Å². The number of carbonyl (C=O) groups is 2. The zero-order chi connectivity index (χ0) is 27.4. The summed E-state index contributed by atoms with van der Waals surface area (Å²) in [6.45, 7) is 8.02. The molecule has 0 aliphatic carbocycles. The molecule has 204 valence electrons. The fourth-order valence-corrected chi connectivity index (χ4v) is 5.03. The molecule has 0 unspecified atom stereocenters. The highest BCUT2D eigenvalue weighted by Gasteiger charge is 2.46. The monoisotopic (exact) mass is 522 g/mol. The van der Waals surface area contributed by atoms with Crippen molar-refractivity contribution >= 4 is 17.4 Å². The van der Waals surface area contributed by atoms with E-state index in [0.29, 0.717) is 48.8 Å². The molecular formula is C30H38N2O6. The first kappa shape index (κ1) is 27.5. The summed E-state index contributed by atoms with van der Waals surface area (Å²) in [5, 5.41) is 11.5. The van der Waals surface area contributed by atoms with E-state index in [1.54, 1.807) is 11.0 Å². The van der Waals surface area contributed by atoms with Crippen LogP contribution in [-0.4, -0.2) is 73.1 Å². The first-order chi connectivity index (χ1) is 18.2. The fourth-order valence-electron chi connectivity index (χ4n) is 5.03. The Labute approximate surface area is 224 Å². The van der Waals surface area contributed by atoms with E-state index < -0.39 is 17.7 Å². The number of benzene rings is 2. The third-order valence-electron chi connectivity index (χ3n) is 6.76. The summed E-state index contributed by atoms with van der Waals surface area (Å²) < 4.78 is 17.5. The lowest BCUT2D eigenvalue weighted by Gasteiger charge is -2.26. The van der Waals surface area contributed by atoms with E-state index in [-0.39, 0.29) is 17.4 Å². The summed E-state index contributed by atoms with van der Waals surface area (Å²) in [4.78, 5) is 30.3. The Morgan fingerprint density at radius 2 is 1.89 bits per heavy atom. The van der Waals surface area contributed by atoms with Gasteiger partial charge in [-0.05, 0) is 88.8 Å². The van der Waals surface area contributed by atoms with Gasteiger partial charge in [0.1, 0.15) is 17.6 Å². The van der Waals surface area contributed by atoms with Crippen LogP contribution in [0.4, 0.5) is 0 Å². The minimum atomic E-state index is -0.750. The number of Topliss-reactive ketones (excluding diaryl/α,β-unsaturated/α-hetero) is 1. The van der Waals surface area contributed by atoms with Gasteiger partial charge in [-0.3, -0.25) is 9.59 Å². The van der Waals surface area contributed by atoms with E-state index in [4.69, 9.17) is 14.2 Å². The van der Waals surface area contributed by atoms with Gasteiger partial charge in [-0.2, -0.15) is 0 Å². The van der Waals surface area contributed by atoms with Crippen LogP contribution in [0.3, 0.4) is 0 Å². The summed E-state index contributed by atoms with van der Waals surface area (Å²) in [7, 11) is 3.93. The highest BCUT2D eigenvalue weighted by molar-refractivity contribution is 6.46. The normalized spacial score (nSPS) is 20.1. The molecule has 1 saturated heterocycles. The largest absolute Gasteiger partial charge is 0.507 e. The van der Waals surface area contributed by atoms with Crippen LogP contribution in [0.2, 0.25) is 0 Å². The number of likely N-dealkylation sites (tertiary alicyclic amines) is 1. The number of ether oxygens (including phenoxy) is 3. The number of carbonyl (C=O) groups excluding carboxylic acids is 2. The number of fused-ring (bicyclic) bond motifs is 1. The highest BCUT2D eigenvalue weighted by Crippen LogP contribution is 2.43. The standard InChI is InChI=1S/C30H38N2O6/c1-6-15-37-24-12-9-20(18-25(24)36-7-2)27-26(29(34)30(35)32(27)14-8-13-31(4)5)28(33)21-10-11-23-22(17-21)16-19(3)38-23/h9-12,17-19,27,33H,6-8,13-16H2,1-5H3/b28-26+/t19-,27-/m1/s1. The molecule has 0 spiro atoms. The number of rotatable bonds is 11. The lowest BCUT2D eigenvalue weighted by molar-refractivity contribution is -0.139. The third-order valence-corrected chi connectivity index (χ3v) is 6.76. The van der Waals surface area contributed by atoms with Crippen molar-refractivity contribution in [2.45, 2.75) is 52.2 Å². The molecule has 8 nitrogen and oxygen atoms in total. The first-order valence-electron chi connectivity index (χ1n) is 13.4. The average Bonchev–Trinajstić information content (AvgIpc) is 3.38. The number of aliphatic hydroxyl groups excluding tert-OH is 1. The van der Waals surface area contributed by atoms with Crippen LogP contribution < -0.4 is 14.2 Å². The lowest BCUT2D eigenvalue weighted by Crippen LogP contribution is -2.32. The molecule has 2 aromatic rings. The molecule has 2 heterocycles. The Bertz CT molecular complexity index is 1220. The van der Waals surface area contributed by atoms with Crippen molar-refractivity contribution < 1.29 is 28.9 Å². The van der Waals surface area contributed by atoms with Crippen LogP contribution in [0.15, 0.2) is 42.0 Å². The van der Waals surface area contributed by atoms with E-state index in [1.807, 2.05) is 70.1 Å². The van der Waals surface area contributed by atoms with E-state index >= 15 is 0 Å². The van der Waals surface area contributed by atoms with Crippen LogP contribution in [0.25, 0.3) is 5.76 Å². The molecule has 4 rings (SSSR count). The van der Waals surface area contributed by atoms with Crippen molar-refractivity contribution in [3.63, 3.8) is 0 Å². The van der Waals surface area contributed by atoms with Crippen molar-refractivity contribution in [3.8, 4) is 17.2 Å². The third kappa shape index (κ3) is 5.65. The Morgan fingerprint density at radius 1 is 1.11 bits per heavy atom. The van der Waals surface area contributed by atoms with Gasteiger partial charge in [0, 0.05) is 18.5 Å². The van der Waals surface area contributed by atoms with Gasteiger partial charge >= 0.3 is 0 Å². The lowest BCUT2D eigenvalue weighted by atomic mass is 9.94. The quantitative estimate of drug-likeness (QED) is 0.263. The second-order valence-corrected chi connectivity index (χ2v) is 10.1. The second kappa shape index (κ2) is 11.9. The maximum absolute atomic E-state index is 13.4. The molecule has 8 heteroatoms. The maximum atomic E-state index is 13.4. The summed E-state index contributed by atoms with van der Waals surface area (Å²) in [6, 6.07) is 10.1. The summed E-state index contributed by atoms with van der Waals surface area (Å²) in [5.74, 6) is 0.439. The summed E-state index contributed by atoms with van der Waals surface area (Å²) in [5.41, 5.74) is 2.22. The van der Waals surface area contributed by atoms with Crippen LogP contribution >= 0.6 is 0 Å². The molecule has 0 aromatic heterocycles. The van der Waals surface area contributed by atoms with Crippen LogP contribution in [0.1, 0.15) is 56.3 Å². The average molecular weight is 523 g/mol. The summed E-state index contributed by atoms with van der Waals surface area (Å²) in [6.07, 6.45) is 2.30. The first-order valence-corrected chi connectivity index (χ1v) is 13.4. The van der Waals surface area contributed by atoms with Gasteiger partial charge in [0.05, 0.1) is 24.8 Å². The predicted molar refractivity (Wildman–Crippen MR) is 146 cm³/mol. The van der Waals surface area contributed by atoms with Crippen molar-refractivity contribution in [1.29, 1.82) is 0 Å². The van der Waals surface area contributed by atoms with Crippen molar-refractivity contribution in [1.82, 2.24) is 9.80 Å². The molecule has 2 aromatic carbocycles. The van der Waals surface area contributed by atoms with Gasteiger partial charge in [-0.25, -0.2) is 0 Å². The van der Waals surface area contributed by atoms with Gasteiger partial charge in [0.25, 0.3) is 11.7 Å². The summed E-state index contributed by atoms with van der Waals surface area (Å²) >= 11 is 0. The van der Waals surface area contributed by atoms with Crippen LogP contribution in [0.5, 0.6) is 17.2 Å². The predicted octanol–water partition coefficient (Wildman–Crippen LogP) is 4.57. The molecule has 0 radical (unpaired) electrons. The minimum Gasteiger partial charge on any atom is -0.507 e. The van der Waals surface area contributed by atoms with E-state index in [0.717, 1.165) is 30.7 Å². The highest BCUT2D eigenvalue weighted by atomic mass is 16.5. The topological polar surface area (TPSA) is 88.5 Å². The van der Waals surface area contributed by atoms with Gasteiger partial charge in [-0.1, -0.05) is 13.0 Å². The molecule has 2 aliphatic heterocycles. The van der Waals surface area contributed by atoms with Gasteiger partial charge in [-0.15, -0.1) is 0 Å². The van der Waals surface area contributed by atoms with Gasteiger partial charge in [0.15, 0.2) is 11.5 Å². The second-order valence-electron chi connectivity index (χ2n) is 10.1. The number of amides is 1. The number of nitrogens with zero attached hydrogens (tertiary/aromatic N) is 2. The smallest absolute Gasteiger partial charge is 0.295 e. The molecule has 38 heavy (non-hydrogen) atoms.